The van der Waals surface area contributed by atoms with Crippen LogP contribution in [0.1, 0.15) is 30.9 Å². The highest BCUT2D eigenvalue weighted by Crippen LogP contribution is 2.28. The Bertz CT molecular complexity index is 561. The summed E-state index contributed by atoms with van der Waals surface area (Å²) >= 11 is 0. The van der Waals surface area contributed by atoms with Crippen molar-refractivity contribution in [2.45, 2.75) is 32.9 Å². The normalized spacial score (nSPS) is 10.0. The van der Waals surface area contributed by atoms with Crippen molar-refractivity contribution in [1.82, 2.24) is 5.32 Å². The predicted octanol–water partition coefficient (Wildman–Crippen LogP) is 4.59. The zero-order valence-electron chi connectivity index (χ0n) is 13.9. The van der Waals surface area contributed by atoms with E-state index in [0.717, 1.165) is 30.2 Å². The predicted molar refractivity (Wildman–Crippen MR) is 97.6 cm³/mol. The van der Waals surface area contributed by atoms with E-state index in [1.165, 1.54) is 18.4 Å². The molecule has 0 radical (unpaired) electrons. The zero-order valence-corrected chi connectivity index (χ0v) is 14.7. The first-order chi connectivity index (χ1) is 10.8. The second-order valence-electron chi connectivity index (χ2n) is 5.29. The molecular weight excluding hydrogens is 310 g/mol. The van der Waals surface area contributed by atoms with Crippen molar-refractivity contribution in [2.75, 3.05) is 13.7 Å². The number of ether oxygens (including phenoxy) is 2. The van der Waals surface area contributed by atoms with Gasteiger partial charge in [-0.15, -0.1) is 12.4 Å². The lowest BCUT2D eigenvalue weighted by Crippen LogP contribution is -2.14. The monoisotopic (exact) mass is 335 g/mol. The molecule has 3 nitrogen and oxygen atoms in total. The lowest BCUT2D eigenvalue weighted by atomic mass is 10.2. The van der Waals surface area contributed by atoms with Gasteiger partial charge in [0.1, 0.15) is 6.61 Å². The molecule has 0 fully saturated rings. The highest BCUT2D eigenvalue weighted by Gasteiger charge is 2.06. The van der Waals surface area contributed by atoms with E-state index in [1.54, 1.807) is 7.11 Å². The number of halogens is 1. The second-order valence-corrected chi connectivity index (χ2v) is 5.29. The number of methoxy groups -OCH3 is 1. The van der Waals surface area contributed by atoms with Crippen LogP contribution in [0.15, 0.2) is 48.5 Å². The summed E-state index contributed by atoms with van der Waals surface area (Å²) in [5.74, 6) is 1.56. The molecule has 0 atom stereocenters. The summed E-state index contributed by atoms with van der Waals surface area (Å²) in [6.07, 6.45) is 2.41. The van der Waals surface area contributed by atoms with E-state index in [2.05, 4.69) is 30.4 Å². The summed E-state index contributed by atoms with van der Waals surface area (Å²) in [5, 5.41) is 3.43. The molecule has 0 saturated carbocycles. The van der Waals surface area contributed by atoms with Gasteiger partial charge in [0, 0.05) is 6.54 Å². The first-order valence-corrected chi connectivity index (χ1v) is 7.88. The van der Waals surface area contributed by atoms with Crippen LogP contribution in [0, 0.1) is 0 Å². The molecule has 2 rings (SSSR count). The van der Waals surface area contributed by atoms with Crippen LogP contribution in [0.2, 0.25) is 0 Å². The Morgan fingerprint density at radius 3 is 2.43 bits per heavy atom. The molecule has 0 amide bonds. The van der Waals surface area contributed by atoms with Gasteiger partial charge in [0.05, 0.1) is 7.11 Å². The molecular formula is C19H26ClNO2. The molecule has 0 spiro atoms. The van der Waals surface area contributed by atoms with Gasteiger partial charge in [-0.1, -0.05) is 49.7 Å². The second kappa shape index (κ2) is 10.9. The van der Waals surface area contributed by atoms with Crippen molar-refractivity contribution in [2.24, 2.45) is 0 Å². The molecule has 0 aromatic heterocycles. The Morgan fingerprint density at radius 2 is 1.74 bits per heavy atom. The fourth-order valence-electron chi connectivity index (χ4n) is 2.21. The summed E-state index contributed by atoms with van der Waals surface area (Å²) in [7, 11) is 1.68. The van der Waals surface area contributed by atoms with Gasteiger partial charge >= 0.3 is 0 Å². The number of hydrogen-bond acceptors (Lipinski definition) is 3. The molecule has 0 aliphatic carbocycles. The van der Waals surface area contributed by atoms with Crippen molar-refractivity contribution in [1.29, 1.82) is 0 Å². The average Bonchev–Trinajstić information content (AvgIpc) is 2.58. The Kier molecular flexibility index (Phi) is 9.18. The zero-order chi connectivity index (χ0) is 15.6. The minimum absolute atomic E-state index is 0. The largest absolute Gasteiger partial charge is 0.493 e. The molecule has 126 valence electrons. The minimum Gasteiger partial charge on any atom is -0.493 e. The van der Waals surface area contributed by atoms with Gasteiger partial charge in [0.15, 0.2) is 11.5 Å². The van der Waals surface area contributed by atoms with E-state index in [1.807, 2.05) is 30.3 Å². The van der Waals surface area contributed by atoms with Crippen LogP contribution in [0.4, 0.5) is 0 Å². The number of hydrogen-bond donors (Lipinski definition) is 1. The van der Waals surface area contributed by atoms with E-state index < -0.39 is 0 Å². The van der Waals surface area contributed by atoms with Crippen molar-refractivity contribution in [3.05, 3.63) is 59.7 Å². The molecule has 4 heteroatoms. The molecule has 23 heavy (non-hydrogen) atoms. The first-order valence-electron chi connectivity index (χ1n) is 7.88. The van der Waals surface area contributed by atoms with E-state index in [4.69, 9.17) is 9.47 Å². The number of unbranched alkanes of at least 4 members (excludes halogenated alkanes) is 1. The fraction of sp³-hybridized carbons (Fsp3) is 0.368. The van der Waals surface area contributed by atoms with Gasteiger partial charge in [-0.05, 0) is 36.2 Å². The average molecular weight is 336 g/mol. The van der Waals surface area contributed by atoms with Crippen molar-refractivity contribution in [3.63, 3.8) is 0 Å². The molecule has 0 aliphatic heterocycles. The topological polar surface area (TPSA) is 30.5 Å². The molecule has 0 aliphatic rings. The molecule has 0 saturated heterocycles. The summed E-state index contributed by atoms with van der Waals surface area (Å²) < 4.78 is 11.3. The van der Waals surface area contributed by atoms with Gasteiger partial charge in [-0.25, -0.2) is 0 Å². The standard InChI is InChI=1S/C19H25NO2.ClH/c1-3-4-12-20-14-17-10-11-18(19(13-17)21-2)22-15-16-8-6-5-7-9-16;/h5-11,13,20H,3-4,12,14-15H2,1-2H3;1H. The summed E-state index contributed by atoms with van der Waals surface area (Å²) in [6.45, 7) is 4.65. The third kappa shape index (κ3) is 6.51. The Labute approximate surface area is 145 Å². The molecule has 1 N–H and O–H groups in total. The quantitative estimate of drug-likeness (QED) is 0.680. The summed E-state index contributed by atoms with van der Waals surface area (Å²) in [6, 6.07) is 16.3. The third-order valence-electron chi connectivity index (χ3n) is 3.50. The highest BCUT2D eigenvalue weighted by atomic mass is 35.5. The highest BCUT2D eigenvalue weighted by molar-refractivity contribution is 5.85. The number of rotatable bonds is 9. The van der Waals surface area contributed by atoms with E-state index >= 15 is 0 Å². The van der Waals surface area contributed by atoms with Gasteiger partial charge < -0.3 is 14.8 Å². The smallest absolute Gasteiger partial charge is 0.161 e. The third-order valence-corrected chi connectivity index (χ3v) is 3.50. The van der Waals surface area contributed by atoms with Crippen LogP contribution >= 0.6 is 12.4 Å². The van der Waals surface area contributed by atoms with Crippen LogP contribution < -0.4 is 14.8 Å². The van der Waals surface area contributed by atoms with Crippen molar-refractivity contribution in [3.8, 4) is 11.5 Å². The maximum atomic E-state index is 5.87. The maximum Gasteiger partial charge on any atom is 0.161 e. The fourth-order valence-corrected chi connectivity index (χ4v) is 2.21. The lowest BCUT2D eigenvalue weighted by molar-refractivity contribution is 0.284. The lowest BCUT2D eigenvalue weighted by Gasteiger charge is -2.12. The Morgan fingerprint density at radius 1 is 0.957 bits per heavy atom. The van der Waals surface area contributed by atoms with Crippen LogP contribution in [0.25, 0.3) is 0 Å². The van der Waals surface area contributed by atoms with Gasteiger partial charge in [-0.3, -0.25) is 0 Å². The molecule has 0 bridgehead atoms. The minimum atomic E-state index is 0. The summed E-state index contributed by atoms with van der Waals surface area (Å²) in [5.41, 5.74) is 2.36. The van der Waals surface area contributed by atoms with Crippen molar-refractivity contribution < 1.29 is 9.47 Å². The SMILES string of the molecule is CCCCNCc1ccc(OCc2ccccc2)c(OC)c1.Cl. The Hall–Kier alpha value is -1.71. The van der Waals surface area contributed by atoms with Gasteiger partial charge in [0.25, 0.3) is 0 Å². The number of benzene rings is 2. The van der Waals surface area contributed by atoms with Crippen LogP contribution in [-0.4, -0.2) is 13.7 Å². The van der Waals surface area contributed by atoms with Crippen LogP contribution in [0.5, 0.6) is 11.5 Å². The van der Waals surface area contributed by atoms with E-state index in [0.29, 0.717) is 6.61 Å². The van der Waals surface area contributed by atoms with Gasteiger partial charge in [0.2, 0.25) is 0 Å². The molecule has 2 aromatic carbocycles. The van der Waals surface area contributed by atoms with Crippen molar-refractivity contribution >= 4 is 12.4 Å². The van der Waals surface area contributed by atoms with E-state index in [-0.39, 0.29) is 12.4 Å². The summed E-state index contributed by atoms with van der Waals surface area (Å²) in [4.78, 5) is 0. The number of nitrogens with one attached hydrogen (secondary N) is 1. The van der Waals surface area contributed by atoms with E-state index in [9.17, 15) is 0 Å². The molecule has 0 heterocycles. The first kappa shape index (κ1) is 19.3. The molecule has 0 unspecified atom stereocenters. The van der Waals surface area contributed by atoms with Crippen LogP contribution in [0.3, 0.4) is 0 Å². The van der Waals surface area contributed by atoms with Gasteiger partial charge in [-0.2, -0.15) is 0 Å². The van der Waals surface area contributed by atoms with Crippen LogP contribution in [-0.2, 0) is 13.2 Å². The maximum absolute atomic E-state index is 5.87. The molecule has 2 aromatic rings. The Balaban J connectivity index is 0.00000264.